The van der Waals surface area contributed by atoms with Crippen LogP contribution < -0.4 is 16.8 Å². The molecule has 1 aromatic heterocycles. The summed E-state index contributed by atoms with van der Waals surface area (Å²) in [4.78, 5) is 11.0. The number of hydrogen-bond acceptors (Lipinski definition) is 5. The maximum absolute atomic E-state index is 11.0. The van der Waals surface area contributed by atoms with Gasteiger partial charge in [-0.2, -0.15) is 0 Å². The summed E-state index contributed by atoms with van der Waals surface area (Å²) in [6.45, 7) is 2.32. The average molecular weight is 246 g/mol. The van der Waals surface area contributed by atoms with Crippen LogP contribution in [-0.2, 0) is 6.54 Å². The van der Waals surface area contributed by atoms with E-state index < -0.39 is 5.91 Å². The Balaban J connectivity index is 2.08. The fourth-order valence-corrected chi connectivity index (χ4v) is 1.56. The molecule has 2 rings (SSSR count). The third kappa shape index (κ3) is 2.60. The number of rotatable bonds is 4. The van der Waals surface area contributed by atoms with Crippen molar-refractivity contribution in [1.82, 2.24) is 5.16 Å². The Hall–Kier alpha value is -2.50. The van der Waals surface area contributed by atoms with Gasteiger partial charge in [0, 0.05) is 11.6 Å². The van der Waals surface area contributed by atoms with E-state index in [9.17, 15) is 4.79 Å². The zero-order chi connectivity index (χ0) is 13.1. The molecule has 0 atom stereocenters. The third-order valence-corrected chi connectivity index (χ3v) is 2.47. The molecule has 6 heteroatoms. The van der Waals surface area contributed by atoms with Crippen LogP contribution in [0, 0.1) is 6.92 Å². The molecule has 1 aromatic carbocycles. The van der Waals surface area contributed by atoms with E-state index in [0.29, 0.717) is 29.2 Å². The highest BCUT2D eigenvalue weighted by molar-refractivity contribution is 5.94. The van der Waals surface area contributed by atoms with Crippen molar-refractivity contribution >= 4 is 17.3 Å². The summed E-state index contributed by atoms with van der Waals surface area (Å²) >= 11 is 0. The monoisotopic (exact) mass is 246 g/mol. The maximum atomic E-state index is 11.0. The SMILES string of the molecule is Cc1cc(CNc2ccc(C(N)=O)cc2N)on1. The average Bonchev–Trinajstić information content (AvgIpc) is 2.73. The summed E-state index contributed by atoms with van der Waals surface area (Å²) in [6, 6.07) is 6.70. The van der Waals surface area contributed by atoms with Gasteiger partial charge in [0.1, 0.15) is 0 Å². The Kier molecular flexibility index (Phi) is 3.18. The Morgan fingerprint density at radius 2 is 2.22 bits per heavy atom. The normalized spacial score (nSPS) is 10.3. The summed E-state index contributed by atoms with van der Waals surface area (Å²) in [5.74, 6) is 0.213. The van der Waals surface area contributed by atoms with Gasteiger partial charge in [-0.05, 0) is 25.1 Å². The van der Waals surface area contributed by atoms with Crippen molar-refractivity contribution in [3.63, 3.8) is 0 Å². The van der Waals surface area contributed by atoms with Crippen LogP contribution in [0.3, 0.4) is 0 Å². The molecular weight excluding hydrogens is 232 g/mol. The molecule has 1 heterocycles. The Labute approximate surface area is 104 Å². The van der Waals surface area contributed by atoms with Crippen molar-refractivity contribution in [2.24, 2.45) is 5.73 Å². The van der Waals surface area contributed by atoms with Crippen LogP contribution in [0.15, 0.2) is 28.8 Å². The standard InChI is InChI=1S/C12H14N4O2/c1-7-4-9(18-16-7)6-15-11-3-2-8(12(14)17)5-10(11)13/h2-5,15H,6,13H2,1H3,(H2,14,17). The molecule has 0 saturated heterocycles. The van der Waals surface area contributed by atoms with Gasteiger partial charge in [0.05, 0.1) is 23.6 Å². The molecule has 0 unspecified atom stereocenters. The second kappa shape index (κ2) is 4.79. The van der Waals surface area contributed by atoms with Crippen LogP contribution in [0.5, 0.6) is 0 Å². The summed E-state index contributed by atoms with van der Waals surface area (Å²) in [5.41, 5.74) is 13.4. The van der Waals surface area contributed by atoms with E-state index in [2.05, 4.69) is 10.5 Å². The molecule has 0 fully saturated rings. The van der Waals surface area contributed by atoms with E-state index in [4.69, 9.17) is 16.0 Å². The highest BCUT2D eigenvalue weighted by atomic mass is 16.5. The fraction of sp³-hybridized carbons (Fsp3) is 0.167. The first-order valence-electron chi connectivity index (χ1n) is 5.41. The van der Waals surface area contributed by atoms with Crippen LogP contribution in [0.25, 0.3) is 0 Å². The molecule has 1 amide bonds. The summed E-state index contributed by atoms with van der Waals surface area (Å²) in [7, 11) is 0. The number of aromatic nitrogens is 1. The molecule has 5 N–H and O–H groups in total. The van der Waals surface area contributed by atoms with Crippen LogP contribution in [-0.4, -0.2) is 11.1 Å². The van der Waals surface area contributed by atoms with Gasteiger partial charge >= 0.3 is 0 Å². The second-order valence-electron chi connectivity index (χ2n) is 3.95. The zero-order valence-electron chi connectivity index (χ0n) is 9.93. The highest BCUT2D eigenvalue weighted by Gasteiger charge is 2.06. The summed E-state index contributed by atoms with van der Waals surface area (Å²) < 4.78 is 5.06. The van der Waals surface area contributed by atoms with Crippen LogP contribution in [0.2, 0.25) is 0 Å². The zero-order valence-corrected chi connectivity index (χ0v) is 9.93. The number of hydrogen-bond donors (Lipinski definition) is 3. The van der Waals surface area contributed by atoms with Crippen molar-refractivity contribution in [1.29, 1.82) is 0 Å². The number of nitrogen functional groups attached to an aromatic ring is 1. The van der Waals surface area contributed by atoms with Gasteiger partial charge in [-0.1, -0.05) is 5.16 Å². The number of carbonyl (C=O) groups is 1. The molecule has 0 aliphatic carbocycles. The van der Waals surface area contributed by atoms with Gasteiger partial charge in [0.2, 0.25) is 5.91 Å². The minimum atomic E-state index is -0.501. The lowest BCUT2D eigenvalue weighted by atomic mass is 10.1. The molecule has 0 radical (unpaired) electrons. The first-order valence-corrected chi connectivity index (χ1v) is 5.41. The number of primary amides is 1. The highest BCUT2D eigenvalue weighted by Crippen LogP contribution is 2.20. The van der Waals surface area contributed by atoms with Gasteiger partial charge in [0.25, 0.3) is 0 Å². The minimum Gasteiger partial charge on any atom is -0.397 e. The number of benzene rings is 1. The number of amides is 1. The molecule has 0 aliphatic rings. The topological polar surface area (TPSA) is 107 Å². The number of anilines is 2. The molecule has 0 saturated carbocycles. The van der Waals surface area contributed by atoms with Crippen LogP contribution >= 0.6 is 0 Å². The van der Waals surface area contributed by atoms with Crippen molar-refractivity contribution in [3.8, 4) is 0 Å². The molecular formula is C12H14N4O2. The lowest BCUT2D eigenvalue weighted by Gasteiger charge is -2.08. The van der Waals surface area contributed by atoms with Gasteiger partial charge in [-0.25, -0.2) is 0 Å². The van der Waals surface area contributed by atoms with Gasteiger partial charge in [-0.3, -0.25) is 4.79 Å². The van der Waals surface area contributed by atoms with E-state index in [0.717, 1.165) is 5.69 Å². The molecule has 18 heavy (non-hydrogen) atoms. The Bertz CT molecular complexity index is 577. The van der Waals surface area contributed by atoms with E-state index in [1.807, 2.05) is 13.0 Å². The van der Waals surface area contributed by atoms with Crippen LogP contribution in [0.1, 0.15) is 21.8 Å². The van der Waals surface area contributed by atoms with Crippen molar-refractivity contribution in [2.75, 3.05) is 11.1 Å². The molecule has 6 nitrogen and oxygen atoms in total. The number of nitrogens with two attached hydrogens (primary N) is 2. The number of aryl methyl sites for hydroxylation is 1. The smallest absolute Gasteiger partial charge is 0.248 e. The van der Waals surface area contributed by atoms with Crippen molar-refractivity contribution < 1.29 is 9.32 Å². The quantitative estimate of drug-likeness (QED) is 0.704. The molecule has 0 bridgehead atoms. The molecule has 2 aromatic rings. The third-order valence-electron chi connectivity index (χ3n) is 2.47. The van der Waals surface area contributed by atoms with Gasteiger partial charge in [-0.15, -0.1) is 0 Å². The molecule has 94 valence electrons. The second-order valence-corrected chi connectivity index (χ2v) is 3.95. The van der Waals surface area contributed by atoms with E-state index in [1.54, 1.807) is 12.1 Å². The fourth-order valence-electron chi connectivity index (χ4n) is 1.56. The lowest BCUT2D eigenvalue weighted by Crippen LogP contribution is -2.12. The van der Waals surface area contributed by atoms with Crippen LogP contribution in [0.4, 0.5) is 11.4 Å². The Morgan fingerprint density at radius 1 is 1.44 bits per heavy atom. The predicted octanol–water partition coefficient (Wildman–Crippen LogP) is 1.28. The van der Waals surface area contributed by atoms with Gasteiger partial charge in [0.15, 0.2) is 5.76 Å². The van der Waals surface area contributed by atoms with Gasteiger partial charge < -0.3 is 21.3 Å². The van der Waals surface area contributed by atoms with E-state index >= 15 is 0 Å². The predicted molar refractivity (Wildman–Crippen MR) is 67.9 cm³/mol. The number of carbonyl (C=O) groups excluding carboxylic acids is 1. The summed E-state index contributed by atoms with van der Waals surface area (Å²) in [6.07, 6.45) is 0. The van der Waals surface area contributed by atoms with E-state index in [1.165, 1.54) is 6.07 Å². The number of nitrogens with zero attached hydrogens (tertiary/aromatic N) is 1. The largest absolute Gasteiger partial charge is 0.397 e. The lowest BCUT2D eigenvalue weighted by molar-refractivity contribution is 0.100. The molecule has 0 aliphatic heterocycles. The van der Waals surface area contributed by atoms with E-state index in [-0.39, 0.29) is 0 Å². The van der Waals surface area contributed by atoms with Crippen molar-refractivity contribution in [3.05, 3.63) is 41.3 Å². The Morgan fingerprint density at radius 3 is 2.78 bits per heavy atom. The first kappa shape index (κ1) is 12.0. The number of nitrogens with one attached hydrogen (secondary N) is 1. The molecule has 0 spiro atoms. The first-order chi connectivity index (χ1) is 8.56. The maximum Gasteiger partial charge on any atom is 0.248 e. The minimum absolute atomic E-state index is 0.383. The van der Waals surface area contributed by atoms with Crippen molar-refractivity contribution in [2.45, 2.75) is 13.5 Å². The summed E-state index contributed by atoms with van der Waals surface area (Å²) in [5, 5.41) is 6.88.